The molecule has 2 heterocycles. The van der Waals surface area contributed by atoms with Crippen LogP contribution < -0.4 is 10.4 Å². The lowest BCUT2D eigenvalue weighted by Crippen LogP contribution is -2.23. The zero-order valence-corrected chi connectivity index (χ0v) is 13.6. The summed E-state index contributed by atoms with van der Waals surface area (Å²) in [5, 5.41) is 10.1. The number of rotatable bonds is 4. The average Bonchev–Trinajstić information content (AvgIpc) is 2.81. The zero-order chi connectivity index (χ0) is 18.9. The lowest BCUT2D eigenvalue weighted by molar-refractivity contribution is -0.274. The molecular formula is C17H14F3N3O3. The highest BCUT2D eigenvalue weighted by molar-refractivity contribution is 5.40. The molecule has 2 aromatic heterocycles. The van der Waals surface area contributed by atoms with Crippen molar-refractivity contribution in [3.05, 3.63) is 70.5 Å². The van der Waals surface area contributed by atoms with Crippen molar-refractivity contribution in [2.24, 2.45) is 0 Å². The van der Waals surface area contributed by atoms with E-state index in [1.165, 1.54) is 22.9 Å². The third-order valence-corrected chi connectivity index (χ3v) is 3.58. The summed E-state index contributed by atoms with van der Waals surface area (Å²) in [7, 11) is 0. The van der Waals surface area contributed by atoms with Gasteiger partial charge < -0.3 is 9.84 Å². The summed E-state index contributed by atoms with van der Waals surface area (Å²) >= 11 is 0. The second-order valence-electron chi connectivity index (χ2n) is 5.58. The molecule has 0 spiro atoms. The van der Waals surface area contributed by atoms with E-state index < -0.39 is 17.8 Å². The van der Waals surface area contributed by atoms with E-state index in [0.717, 1.165) is 28.0 Å². The van der Waals surface area contributed by atoms with Crippen molar-refractivity contribution >= 4 is 0 Å². The van der Waals surface area contributed by atoms with Crippen molar-refractivity contribution < 1.29 is 23.0 Å². The number of hydrogen-bond donors (Lipinski definition) is 1. The van der Waals surface area contributed by atoms with Crippen LogP contribution in [0.25, 0.3) is 5.69 Å². The van der Waals surface area contributed by atoms with Crippen LogP contribution in [0.1, 0.15) is 11.3 Å². The normalized spacial score (nSPS) is 11.5. The molecule has 0 bridgehead atoms. The van der Waals surface area contributed by atoms with Crippen molar-refractivity contribution in [3.8, 4) is 17.3 Å². The van der Waals surface area contributed by atoms with Gasteiger partial charge in [-0.2, -0.15) is 0 Å². The van der Waals surface area contributed by atoms with E-state index in [0.29, 0.717) is 0 Å². The summed E-state index contributed by atoms with van der Waals surface area (Å²) in [5.74, 6) is -0.745. The number of nitrogens with zero attached hydrogens (tertiary/aromatic N) is 3. The number of pyridine rings is 1. The van der Waals surface area contributed by atoms with Gasteiger partial charge in [-0.1, -0.05) is 0 Å². The SMILES string of the molecule is Cc1cc(Cn2cc(O)n(-c3ccc(OC(F)(F)F)cc3)c2=O)ccn1. The summed E-state index contributed by atoms with van der Waals surface area (Å²) < 4.78 is 42.7. The lowest BCUT2D eigenvalue weighted by Gasteiger charge is -2.09. The molecule has 26 heavy (non-hydrogen) atoms. The van der Waals surface area contributed by atoms with Gasteiger partial charge >= 0.3 is 12.1 Å². The highest BCUT2D eigenvalue weighted by atomic mass is 19.4. The third kappa shape index (κ3) is 3.88. The first-order valence-corrected chi connectivity index (χ1v) is 7.52. The number of aromatic nitrogens is 3. The summed E-state index contributed by atoms with van der Waals surface area (Å²) in [4.78, 5) is 16.6. The molecule has 0 fully saturated rings. The Bertz CT molecular complexity index is 975. The van der Waals surface area contributed by atoms with Crippen LogP contribution in [0.2, 0.25) is 0 Å². The summed E-state index contributed by atoms with van der Waals surface area (Å²) in [6.07, 6.45) is -1.92. The van der Waals surface area contributed by atoms with Gasteiger partial charge in [-0.25, -0.2) is 9.36 Å². The van der Waals surface area contributed by atoms with Crippen LogP contribution in [0.3, 0.4) is 0 Å². The maximum absolute atomic E-state index is 12.5. The van der Waals surface area contributed by atoms with Crippen molar-refractivity contribution in [2.45, 2.75) is 19.8 Å². The largest absolute Gasteiger partial charge is 0.573 e. The van der Waals surface area contributed by atoms with E-state index in [-0.39, 0.29) is 18.1 Å². The highest BCUT2D eigenvalue weighted by Gasteiger charge is 2.31. The van der Waals surface area contributed by atoms with E-state index in [9.17, 15) is 23.1 Å². The predicted molar refractivity (Wildman–Crippen MR) is 86.5 cm³/mol. The number of aryl methyl sites for hydroxylation is 1. The molecule has 0 amide bonds. The van der Waals surface area contributed by atoms with Gasteiger partial charge in [-0.3, -0.25) is 9.55 Å². The molecule has 0 radical (unpaired) electrons. The zero-order valence-electron chi connectivity index (χ0n) is 13.6. The minimum Gasteiger partial charge on any atom is -0.493 e. The van der Waals surface area contributed by atoms with E-state index in [1.807, 2.05) is 13.0 Å². The minimum atomic E-state index is -4.80. The second kappa shape index (κ2) is 6.58. The topological polar surface area (TPSA) is 69.3 Å². The summed E-state index contributed by atoms with van der Waals surface area (Å²) in [5.41, 5.74) is 1.30. The van der Waals surface area contributed by atoms with Crippen LogP contribution in [0, 0.1) is 6.92 Å². The molecule has 1 N–H and O–H groups in total. The molecule has 0 saturated heterocycles. The van der Waals surface area contributed by atoms with Gasteiger partial charge in [0.2, 0.25) is 5.88 Å². The van der Waals surface area contributed by atoms with E-state index >= 15 is 0 Å². The Labute approximate surface area is 145 Å². The molecule has 0 aliphatic heterocycles. The van der Waals surface area contributed by atoms with Gasteiger partial charge in [0.1, 0.15) is 5.75 Å². The van der Waals surface area contributed by atoms with E-state index in [1.54, 1.807) is 12.3 Å². The van der Waals surface area contributed by atoms with Gasteiger partial charge in [-0.15, -0.1) is 13.2 Å². The van der Waals surface area contributed by atoms with Gasteiger partial charge in [0.15, 0.2) is 0 Å². The molecule has 0 saturated carbocycles. The van der Waals surface area contributed by atoms with Crippen LogP contribution >= 0.6 is 0 Å². The van der Waals surface area contributed by atoms with Crippen LogP contribution in [-0.4, -0.2) is 25.6 Å². The van der Waals surface area contributed by atoms with Gasteiger partial charge in [0, 0.05) is 11.9 Å². The molecule has 0 aliphatic rings. The molecular weight excluding hydrogens is 351 g/mol. The van der Waals surface area contributed by atoms with Crippen molar-refractivity contribution in [2.75, 3.05) is 0 Å². The van der Waals surface area contributed by atoms with Gasteiger partial charge in [-0.05, 0) is 48.9 Å². The third-order valence-electron chi connectivity index (χ3n) is 3.58. The number of halogens is 3. The number of aromatic hydroxyl groups is 1. The summed E-state index contributed by atoms with van der Waals surface area (Å²) in [6, 6.07) is 8.20. The summed E-state index contributed by atoms with van der Waals surface area (Å²) in [6.45, 7) is 2.04. The second-order valence-corrected chi connectivity index (χ2v) is 5.58. The fourth-order valence-corrected chi connectivity index (χ4v) is 2.53. The molecule has 3 aromatic rings. The number of hydrogen-bond acceptors (Lipinski definition) is 4. The van der Waals surface area contributed by atoms with E-state index in [2.05, 4.69) is 9.72 Å². The Kier molecular flexibility index (Phi) is 4.45. The Morgan fingerprint density at radius 3 is 2.50 bits per heavy atom. The van der Waals surface area contributed by atoms with Crippen LogP contribution in [0.15, 0.2) is 53.6 Å². The highest BCUT2D eigenvalue weighted by Crippen LogP contribution is 2.24. The Morgan fingerprint density at radius 2 is 1.88 bits per heavy atom. The first-order valence-electron chi connectivity index (χ1n) is 7.52. The number of imidazole rings is 1. The quantitative estimate of drug-likeness (QED) is 0.772. The maximum atomic E-state index is 12.5. The molecule has 3 rings (SSSR count). The Morgan fingerprint density at radius 1 is 1.19 bits per heavy atom. The van der Waals surface area contributed by atoms with Gasteiger partial charge in [0.25, 0.3) is 0 Å². The number of ether oxygens (including phenoxy) is 1. The first kappa shape index (κ1) is 17.6. The molecule has 0 atom stereocenters. The van der Waals surface area contributed by atoms with Crippen LogP contribution in [-0.2, 0) is 6.54 Å². The molecule has 0 unspecified atom stereocenters. The lowest BCUT2D eigenvalue weighted by atomic mass is 10.2. The van der Waals surface area contributed by atoms with Crippen LogP contribution in [0.4, 0.5) is 13.2 Å². The fourth-order valence-electron chi connectivity index (χ4n) is 2.53. The number of alkyl halides is 3. The van der Waals surface area contributed by atoms with Crippen molar-refractivity contribution in [1.29, 1.82) is 0 Å². The van der Waals surface area contributed by atoms with Crippen molar-refractivity contribution in [3.63, 3.8) is 0 Å². The monoisotopic (exact) mass is 365 g/mol. The Hall–Kier alpha value is -3.23. The molecule has 0 aliphatic carbocycles. The minimum absolute atomic E-state index is 0.215. The smallest absolute Gasteiger partial charge is 0.493 e. The van der Waals surface area contributed by atoms with Crippen molar-refractivity contribution in [1.82, 2.24) is 14.1 Å². The predicted octanol–water partition coefficient (Wildman–Crippen LogP) is 2.99. The molecule has 1 aromatic carbocycles. The fraction of sp³-hybridized carbons (Fsp3) is 0.176. The molecule has 9 heteroatoms. The first-order chi connectivity index (χ1) is 12.2. The van der Waals surface area contributed by atoms with E-state index in [4.69, 9.17) is 0 Å². The van der Waals surface area contributed by atoms with Gasteiger partial charge in [0.05, 0.1) is 18.4 Å². The standard InChI is InChI=1S/C17H14F3N3O3/c1-11-8-12(6-7-21-11)9-22-10-15(24)23(16(22)25)13-2-4-14(5-3-13)26-17(18,19)20/h2-8,10,24H,9H2,1H3. The Balaban J connectivity index is 1.89. The molecule has 136 valence electrons. The number of benzene rings is 1. The van der Waals surface area contributed by atoms with Crippen LogP contribution in [0.5, 0.6) is 11.6 Å². The maximum Gasteiger partial charge on any atom is 0.573 e. The molecule has 6 nitrogen and oxygen atoms in total. The average molecular weight is 365 g/mol.